The third-order valence-corrected chi connectivity index (χ3v) is 4.80. The van der Waals surface area contributed by atoms with Gasteiger partial charge in [0.15, 0.2) is 5.96 Å². The van der Waals surface area contributed by atoms with Gasteiger partial charge in [0.2, 0.25) is 0 Å². The van der Waals surface area contributed by atoms with Crippen LogP contribution in [-0.4, -0.2) is 77.6 Å². The van der Waals surface area contributed by atoms with E-state index in [2.05, 4.69) is 40.7 Å². The summed E-state index contributed by atoms with van der Waals surface area (Å²) in [6.07, 6.45) is 2.50. The molecule has 1 unspecified atom stereocenters. The van der Waals surface area contributed by atoms with Crippen LogP contribution < -0.4 is 15.4 Å². The van der Waals surface area contributed by atoms with Crippen molar-refractivity contribution in [1.29, 1.82) is 0 Å². The van der Waals surface area contributed by atoms with Gasteiger partial charge in [-0.25, -0.2) is 0 Å². The van der Waals surface area contributed by atoms with Gasteiger partial charge in [0.05, 0.1) is 39.5 Å². The molecule has 1 atom stereocenters. The molecule has 0 bridgehead atoms. The van der Waals surface area contributed by atoms with Crippen LogP contribution in [0.1, 0.15) is 31.4 Å². The van der Waals surface area contributed by atoms with Gasteiger partial charge in [-0.1, -0.05) is 12.1 Å². The van der Waals surface area contributed by atoms with Crippen LogP contribution in [0.2, 0.25) is 0 Å². The summed E-state index contributed by atoms with van der Waals surface area (Å²) < 4.78 is 15.9. The third-order valence-electron chi connectivity index (χ3n) is 4.80. The molecule has 0 spiro atoms. The first kappa shape index (κ1) is 22.5. The molecule has 2 rings (SSSR count). The SMILES string of the molecule is CCNC(=NCC(c1cccc(OC)c1)N1CCCC1)NCCOCCOC. The van der Waals surface area contributed by atoms with Gasteiger partial charge in [-0.3, -0.25) is 9.89 Å². The summed E-state index contributed by atoms with van der Waals surface area (Å²) in [5, 5.41) is 6.67. The molecule has 0 aromatic heterocycles. The highest BCUT2D eigenvalue weighted by atomic mass is 16.5. The van der Waals surface area contributed by atoms with Gasteiger partial charge in [0.1, 0.15) is 5.75 Å². The van der Waals surface area contributed by atoms with Crippen LogP contribution in [-0.2, 0) is 9.47 Å². The minimum Gasteiger partial charge on any atom is -0.497 e. The van der Waals surface area contributed by atoms with Gasteiger partial charge in [-0.05, 0) is 50.6 Å². The molecule has 1 aromatic rings. The number of methoxy groups -OCH3 is 2. The predicted molar refractivity (Wildman–Crippen MR) is 113 cm³/mol. The first-order chi connectivity index (χ1) is 13.8. The summed E-state index contributed by atoms with van der Waals surface area (Å²) in [4.78, 5) is 7.38. The standard InChI is InChI=1S/C21H36N4O3/c1-4-22-21(23-10-13-28-15-14-26-2)24-17-20(25-11-5-6-12-25)18-8-7-9-19(16-18)27-3/h7-9,16,20H,4-6,10-15,17H2,1-3H3,(H2,22,23,24). The molecule has 28 heavy (non-hydrogen) atoms. The van der Waals surface area contributed by atoms with Crippen molar-refractivity contribution >= 4 is 5.96 Å². The van der Waals surface area contributed by atoms with Crippen LogP contribution in [0.15, 0.2) is 29.3 Å². The lowest BCUT2D eigenvalue weighted by atomic mass is 10.1. The topological polar surface area (TPSA) is 67.4 Å². The van der Waals surface area contributed by atoms with Crippen molar-refractivity contribution in [3.05, 3.63) is 29.8 Å². The van der Waals surface area contributed by atoms with Gasteiger partial charge >= 0.3 is 0 Å². The molecule has 2 N–H and O–H groups in total. The van der Waals surface area contributed by atoms with Gasteiger partial charge in [0, 0.05) is 20.2 Å². The molecule has 0 aliphatic carbocycles. The average molecular weight is 393 g/mol. The lowest BCUT2D eigenvalue weighted by Gasteiger charge is -2.27. The van der Waals surface area contributed by atoms with Crippen LogP contribution in [0.25, 0.3) is 0 Å². The van der Waals surface area contributed by atoms with Crippen LogP contribution in [0.4, 0.5) is 0 Å². The minimum absolute atomic E-state index is 0.256. The molecule has 1 saturated heterocycles. The normalized spacial score (nSPS) is 16.2. The van der Waals surface area contributed by atoms with E-state index in [0.717, 1.165) is 31.3 Å². The minimum atomic E-state index is 0.256. The zero-order valence-electron chi connectivity index (χ0n) is 17.6. The van der Waals surface area contributed by atoms with Crippen LogP contribution >= 0.6 is 0 Å². The highest BCUT2D eigenvalue weighted by Crippen LogP contribution is 2.27. The summed E-state index contributed by atoms with van der Waals surface area (Å²) in [5.74, 6) is 1.72. The molecule has 7 nitrogen and oxygen atoms in total. The number of benzene rings is 1. The smallest absolute Gasteiger partial charge is 0.191 e. The molecular formula is C21H36N4O3. The highest BCUT2D eigenvalue weighted by Gasteiger charge is 2.23. The van der Waals surface area contributed by atoms with Gasteiger partial charge in [0.25, 0.3) is 0 Å². The number of nitrogens with one attached hydrogen (secondary N) is 2. The Bertz CT molecular complexity index is 577. The molecule has 7 heteroatoms. The monoisotopic (exact) mass is 392 g/mol. The number of nitrogens with zero attached hydrogens (tertiary/aromatic N) is 2. The van der Waals surface area contributed by atoms with Gasteiger partial charge < -0.3 is 24.8 Å². The molecule has 1 aliphatic heterocycles. The molecule has 1 fully saturated rings. The number of likely N-dealkylation sites (tertiary alicyclic amines) is 1. The van der Waals surface area contributed by atoms with Crippen molar-refractivity contribution in [2.45, 2.75) is 25.8 Å². The van der Waals surface area contributed by atoms with E-state index >= 15 is 0 Å². The third kappa shape index (κ3) is 7.66. The summed E-state index contributed by atoms with van der Waals surface area (Å²) in [7, 11) is 3.39. The second-order valence-electron chi connectivity index (χ2n) is 6.79. The Morgan fingerprint density at radius 2 is 1.96 bits per heavy atom. The Morgan fingerprint density at radius 1 is 1.14 bits per heavy atom. The highest BCUT2D eigenvalue weighted by molar-refractivity contribution is 5.79. The molecule has 0 saturated carbocycles. The molecule has 1 aromatic carbocycles. The van der Waals surface area contributed by atoms with Crippen molar-refractivity contribution in [2.24, 2.45) is 4.99 Å². The lowest BCUT2D eigenvalue weighted by Crippen LogP contribution is -2.40. The maximum absolute atomic E-state index is 5.51. The van der Waals surface area contributed by atoms with E-state index < -0.39 is 0 Å². The predicted octanol–water partition coefficient (Wildman–Crippen LogP) is 2.05. The number of guanidine groups is 1. The Morgan fingerprint density at radius 3 is 2.68 bits per heavy atom. The summed E-state index contributed by atoms with van der Waals surface area (Å²) in [5.41, 5.74) is 1.25. The van der Waals surface area contributed by atoms with Crippen molar-refractivity contribution in [3.8, 4) is 5.75 Å². The van der Waals surface area contributed by atoms with E-state index in [9.17, 15) is 0 Å². The molecule has 1 aliphatic rings. The van der Waals surface area contributed by atoms with Crippen molar-refractivity contribution in [1.82, 2.24) is 15.5 Å². The molecule has 0 radical (unpaired) electrons. The zero-order chi connectivity index (χ0) is 20.0. The first-order valence-corrected chi connectivity index (χ1v) is 10.2. The molecule has 158 valence electrons. The lowest BCUT2D eigenvalue weighted by molar-refractivity contribution is 0.0733. The first-order valence-electron chi connectivity index (χ1n) is 10.2. The van der Waals surface area contributed by atoms with E-state index in [4.69, 9.17) is 19.2 Å². The van der Waals surface area contributed by atoms with Gasteiger partial charge in [-0.2, -0.15) is 0 Å². The van der Waals surface area contributed by atoms with Crippen LogP contribution in [0.5, 0.6) is 5.75 Å². The van der Waals surface area contributed by atoms with E-state index in [1.807, 2.05) is 6.07 Å². The van der Waals surface area contributed by atoms with E-state index in [0.29, 0.717) is 32.9 Å². The van der Waals surface area contributed by atoms with E-state index in [-0.39, 0.29) is 6.04 Å². The van der Waals surface area contributed by atoms with Crippen molar-refractivity contribution in [3.63, 3.8) is 0 Å². The maximum Gasteiger partial charge on any atom is 0.191 e. The van der Waals surface area contributed by atoms with Crippen molar-refractivity contribution in [2.75, 3.05) is 66.8 Å². The van der Waals surface area contributed by atoms with Crippen LogP contribution in [0, 0.1) is 0 Å². The number of aliphatic imine (C=N–C) groups is 1. The number of hydrogen-bond acceptors (Lipinski definition) is 5. The molecule has 1 heterocycles. The van der Waals surface area contributed by atoms with Crippen LogP contribution in [0.3, 0.4) is 0 Å². The Hall–Kier alpha value is -1.83. The molecular weight excluding hydrogens is 356 g/mol. The van der Waals surface area contributed by atoms with Gasteiger partial charge in [-0.15, -0.1) is 0 Å². The fourth-order valence-corrected chi connectivity index (χ4v) is 3.34. The Kier molecular flexibility index (Phi) is 10.7. The fourth-order valence-electron chi connectivity index (χ4n) is 3.34. The Balaban J connectivity index is 1.99. The van der Waals surface area contributed by atoms with E-state index in [1.165, 1.54) is 18.4 Å². The summed E-state index contributed by atoms with van der Waals surface area (Å²) >= 11 is 0. The van der Waals surface area contributed by atoms with E-state index in [1.54, 1.807) is 14.2 Å². The largest absolute Gasteiger partial charge is 0.497 e. The maximum atomic E-state index is 5.51. The number of rotatable bonds is 12. The zero-order valence-corrected chi connectivity index (χ0v) is 17.6. The average Bonchev–Trinajstić information content (AvgIpc) is 3.25. The number of ether oxygens (including phenoxy) is 3. The summed E-state index contributed by atoms with van der Waals surface area (Å²) in [6, 6.07) is 8.60. The number of hydrogen-bond donors (Lipinski definition) is 2. The van der Waals surface area contributed by atoms with Crippen molar-refractivity contribution < 1.29 is 14.2 Å². The quantitative estimate of drug-likeness (QED) is 0.322. The second-order valence-corrected chi connectivity index (χ2v) is 6.79. The fraction of sp³-hybridized carbons (Fsp3) is 0.667. The molecule has 0 amide bonds. The second kappa shape index (κ2) is 13.4. The Labute approximate surface area is 169 Å². The summed E-state index contributed by atoms with van der Waals surface area (Å²) in [6.45, 7) is 8.40.